The zero-order valence-electron chi connectivity index (χ0n) is 9.03. The van der Waals surface area contributed by atoms with E-state index in [2.05, 4.69) is 10.2 Å². The number of hydrogen-bond donors (Lipinski definition) is 2. The van der Waals surface area contributed by atoms with Crippen LogP contribution >= 0.6 is 0 Å². The van der Waals surface area contributed by atoms with E-state index in [4.69, 9.17) is 5.11 Å². The van der Waals surface area contributed by atoms with Crippen molar-refractivity contribution in [3.05, 3.63) is 0 Å². The molecule has 0 spiro atoms. The minimum atomic E-state index is -0.879. The van der Waals surface area contributed by atoms with Crippen molar-refractivity contribution < 1.29 is 14.7 Å². The summed E-state index contributed by atoms with van der Waals surface area (Å²) >= 11 is 0. The van der Waals surface area contributed by atoms with E-state index in [0.717, 1.165) is 19.5 Å². The number of rotatable bonds is 5. The molecule has 1 unspecified atom stereocenters. The van der Waals surface area contributed by atoms with Gasteiger partial charge in [0, 0.05) is 19.5 Å². The Kier molecular flexibility index (Phi) is 4.55. The second kappa shape index (κ2) is 5.70. The predicted molar refractivity (Wildman–Crippen MR) is 55.5 cm³/mol. The highest BCUT2D eigenvalue weighted by molar-refractivity contribution is 5.77. The average Bonchev–Trinajstić information content (AvgIpc) is 2.50. The number of carbonyl (C=O) groups is 2. The van der Waals surface area contributed by atoms with Gasteiger partial charge in [0.05, 0.1) is 6.42 Å². The lowest BCUT2D eigenvalue weighted by atomic mass is 10.0. The molecule has 0 aromatic carbocycles. The van der Waals surface area contributed by atoms with Crippen molar-refractivity contribution in [2.75, 3.05) is 26.7 Å². The van der Waals surface area contributed by atoms with Crippen molar-refractivity contribution in [3.8, 4) is 0 Å². The molecular formula is C10H18N2O3. The third-order valence-electron chi connectivity index (χ3n) is 2.62. The summed E-state index contributed by atoms with van der Waals surface area (Å²) in [7, 11) is 2.04. The predicted octanol–water partition coefficient (Wildman–Crippen LogP) is -0.0809. The maximum absolute atomic E-state index is 11.4. The molecule has 0 aliphatic carbocycles. The van der Waals surface area contributed by atoms with Gasteiger partial charge in [0.2, 0.25) is 5.91 Å². The summed E-state index contributed by atoms with van der Waals surface area (Å²) in [5, 5.41) is 11.0. The summed E-state index contributed by atoms with van der Waals surface area (Å²) in [6, 6.07) is 0. The van der Waals surface area contributed by atoms with E-state index < -0.39 is 5.97 Å². The Balaban J connectivity index is 2.10. The van der Waals surface area contributed by atoms with Gasteiger partial charge in [-0.15, -0.1) is 0 Å². The molecule has 1 saturated heterocycles. The molecule has 5 nitrogen and oxygen atoms in total. The first-order valence-electron chi connectivity index (χ1n) is 5.25. The molecule has 15 heavy (non-hydrogen) atoms. The number of amides is 1. The number of hydrogen-bond acceptors (Lipinski definition) is 3. The molecule has 0 aromatic rings. The van der Waals surface area contributed by atoms with Gasteiger partial charge in [0.1, 0.15) is 0 Å². The number of likely N-dealkylation sites (tertiary alicyclic amines) is 1. The van der Waals surface area contributed by atoms with Gasteiger partial charge in [-0.2, -0.15) is 0 Å². The van der Waals surface area contributed by atoms with Crippen LogP contribution in [0.25, 0.3) is 0 Å². The Bertz CT molecular complexity index is 243. The van der Waals surface area contributed by atoms with Crippen LogP contribution < -0.4 is 5.32 Å². The first kappa shape index (κ1) is 12.0. The Hall–Kier alpha value is -1.10. The number of aliphatic carboxylic acids is 1. The molecule has 1 aliphatic heterocycles. The molecule has 1 aliphatic rings. The van der Waals surface area contributed by atoms with Crippen molar-refractivity contribution in [1.29, 1.82) is 0 Å². The van der Waals surface area contributed by atoms with Crippen LogP contribution in [0.1, 0.15) is 19.3 Å². The van der Waals surface area contributed by atoms with Crippen LogP contribution in [-0.2, 0) is 9.59 Å². The smallest absolute Gasteiger partial charge is 0.305 e. The van der Waals surface area contributed by atoms with Gasteiger partial charge in [-0.05, 0) is 25.9 Å². The number of carboxylic acid groups (broad SMARTS) is 1. The second-order valence-electron chi connectivity index (χ2n) is 4.11. The van der Waals surface area contributed by atoms with Gasteiger partial charge in [0.15, 0.2) is 0 Å². The second-order valence-corrected chi connectivity index (χ2v) is 4.11. The standard InChI is InChI=1S/C10H18N2O3/c1-12-5-3-8(7-12)6-9(13)11-4-2-10(14)15/h8H,2-7H2,1H3,(H,11,13)(H,14,15). The molecular weight excluding hydrogens is 196 g/mol. The Morgan fingerprint density at radius 2 is 2.27 bits per heavy atom. The molecule has 0 saturated carbocycles. The maximum atomic E-state index is 11.4. The molecule has 0 aromatic heterocycles. The Labute approximate surface area is 89.4 Å². The third kappa shape index (κ3) is 4.78. The summed E-state index contributed by atoms with van der Waals surface area (Å²) in [5.74, 6) is -0.479. The van der Waals surface area contributed by atoms with E-state index in [-0.39, 0.29) is 18.9 Å². The van der Waals surface area contributed by atoms with Crippen LogP contribution in [0.2, 0.25) is 0 Å². The average molecular weight is 214 g/mol. The van der Waals surface area contributed by atoms with Gasteiger partial charge in [-0.3, -0.25) is 9.59 Å². The van der Waals surface area contributed by atoms with Crippen molar-refractivity contribution >= 4 is 11.9 Å². The monoisotopic (exact) mass is 214 g/mol. The fourth-order valence-electron chi connectivity index (χ4n) is 1.84. The molecule has 1 heterocycles. The van der Waals surface area contributed by atoms with Crippen LogP contribution in [0.15, 0.2) is 0 Å². The zero-order valence-corrected chi connectivity index (χ0v) is 9.03. The van der Waals surface area contributed by atoms with Crippen LogP contribution in [0.5, 0.6) is 0 Å². The largest absolute Gasteiger partial charge is 0.481 e. The molecule has 5 heteroatoms. The number of nitrogens with zero attached hydrogens (tertiary/aromatic N) is 1. The van der Waals surface area contributed by atoms with Gasteiger partial charge in [0.25, 0.3) is 0 Å². The summed E-state index contributed by atoms with van der Waals surface area (Å²) in [5.41, 5.74) is 0. The first-order valence-corrected chi connectivity index (χ1v) is 5.25. The fraction of sp³-hybridized carbons (Fsp3) is 0.800. The minimum Gasteiger partial charge on any atom is -0.481 e. The van der Waals surface area contributed by atoms with Gasteiger partial charge in [-0.25, -0.2) is 0 Å². The summed E-state index contributed by atoms with van der Waals surface area (Å²) in [4.78, 5) is 23.8. The van der Waals surface area contributed by atoms with E-state index in [0.29, 0.717) is 12.3 Å². The topological polar surface area (TPSA) is 69.6 Å². The molecule has 86 valence electrons. The van der Waals surface area contributed by atoms with Gasteiger partial charge in [-0.1, -0.05) is 0 Å². The van der Waals surface area contributed by atoms with Crippen LogP contribution in [-0.4, -0.2) is 48.6 Å². The molecule has 0 bridgehead atoms. The first-order chi connectivity index (χ1) is 7.08. The molecule has 1 rings (SSSR count). The summed E-state index contributed by atoms with van der Waals surface area (Å²) in [6.45, 7) is 2.25. The normalized spacial score (nSPS) is 21.5. The number of nitrogens with one attached hydrogen (secondary N) is 1. The summed E-state index contributed by atoms with van der Waals surface area (Å²) in [6.07, 6.45) is 1.57. The van der Waals surface area contributed by atoms with Gasteiger partial charge < -0.3 is 15.3 Å². The number of carbonyl (C=O) groups excluding carboxylic acids is 1. The maximum Gasteiger partial charge on any atom is 0.305 e. The van der Waals surface area contributed by atoms with Crippen molar-refractivity contribution in [3.63, 3.8) is 0 Å². The fourth-order valence-corrected chi connectivity index (χ4v) is 1.84. The van der Waals surface area contributed by atoms with Crippen molar-refractivity contribution in [1.82, 2.24) is 10.2 Å². The molecule has 1 fully saturated rings. The van der Waals surface area contributed by atoms with E-state index in [1.807, 2.05) is 7.05 Å². The highest BCUT2D eigenvalue weighted by Gasteiger charge is 2.21. The van der Waals surface area contributed by atoms with Crippen molar-refractivity contribution in [2.45, 2.75) is 19.3 Å². The quantitative estimate of drug-likeness (QED) is 0.671. The zero-order chi connectivity index (χ0) is 11.3. The van der Waals surface area contributed by atoms with E-state index in [9.17, 15) is 9.59 Å². The van der Waals surface area contributed by atoms with E-state index in [1.165, 1.54) is 0 Å². The Morgan fingerprint density at radius 1 is 1.53 bits per heavy atom. The molecule has 2 N–H and O–H groups in total. The van der Waals surface area contributed by atoms with E-state index in [1.54, 1.807) is 0 Å². The third-order valence-corrected chi connectivity index (χ3v) is 2.62. The van der Waals surface area contributed by atoms with Crippen LogP contribution in [0.3, 0.4) is 0 Å². The molecule has 1 atom stereocenters. The lowest BCUT2D eigenvalue weighted by Crippen LogP contribution is -2.28. The lowest BCUT2D eigenvalue weighted by molar-refractivity contribution is -0.136. The minimum absolute atomic E-state index is 0.00366. The summed E-state index contributed by atoms with van der Waals surface area (Å²) < 4.78 is 0. The Morgan fingerprint density at radius 3 is 2.80 bits per heavy atom. The number of carboxylic acids is 1. The van der Waals surface area contributed by atoms with Crippen LogP contribution in [0, 0.1) is 5.92 Å². The SMILES string of the molecule is CN1CCC(CC(=O)NCCC(=O)O)C1. The lowest BCUT2D eigenvalue weighted by Gasteiger charge is -2.10. The molecule has 1 amide bonds. The van der Waals surface area contributed by atoms with Crippen molar-refractivity contribution in [2.24, 2.45) is 5.92 Å². The molecule has 0 radical (unpaired) electrons. The van der Waals surface area contributed by atoms with Crippen LogP contribution in [0.4, 0.5) is 0 Å². The highest BCUT2D eigenvalue weighted by Crippen LogP contribution is 2.17. The highest BCUT2D eigenvalue weighted by atomic mass is 16.4. The van der Waals surface area contributed by atoms with E-state index >= 15 is 0 Å². The van der Waals surface area contributed by atoms with Gasteiger partial charge >= 0.3 is 5.97 Å².